The molecule has 0 aliphatic heterocycles. The Morgan fingerprint density at radius 2 is 1.82 bits per heavy atom. The van der Waals surface area contributed by atoms with Crippen LogP contribution in [0, 0.1) is 13.8 Å². The lowest BCUT2D eigenvalue weighted by atomic mass is 10.1. The minimum absolute atomic E-state index is 0.0233. The van der Waals surface area contributed by atoms with Crippen LogP contribution in [0.25, 0.3) is 5.69 Å². The van der Waals surface area contributed by atoms with Crippen LogP contribution >= 0.6 is 0 Å². The number of carbonyl (C=O) groups is 2. The average Bonchev–Trinajstić information content (AvgIpc) is 3.06. The number of nitrogens with one attached hydrogen (secondary N) is 1. The largest absolute Gasteiger partial charge is 0.482 e. The van der Waals surface area contributed by atoms with Crippen molar-refractivity contribution in [2.75, 3.05) is 18.5 Å². The molecule has 1 aromatic heterocycles. The summed E-state index contributed by atoms with van der Waals surface area (Å²) in [7, 11) is 0. The van der Waals surface area contributed by atoms with Crippen molar-refractivity contribution < 1.29 is 32.2 Å². The Labute approximate surface area is 194 Å². The number of ether oxygens (including phenoxy) is 2. The van der Waals surface area contributed by atoms with Crippen molar-refractivity contribution in [2.45, 2.75) is 33.4 Å². The zero-order valence-corrected chi connectivity index (χ0v) is 18.9. The molecule has 0 aliphatic carbocycles. The minimum atomic E-state index is -4.47. The number of aromatic nitrogens is 2. The number of rotatable bonds is 8. The molecule has 0 spiro atoms. The molecule has 3 aromatic rings. The maximum atomic E-state index is 13.1. The van der Waals surface area contributed by atoms with Crippen molar-refractivity contribution in [3.8, 4) is 11.4 Å². The SMILES string of the molecule is CCOC(=O)COc1cccc(NC(=O)Cc2c(C)nn(-c3cccc(C(F)(F)F)c3)c2C)c1. The molecule has 0 aliphatic rings. The highest BCUT2D eigenvalue weighted by atomic mass is 19.4. The van der Waals surface area contributed by atoms with Gasteiger partial charge in [-0.25, -0.2) is 9.48 Å². The van der Waals surface area contributed by atoms with Crippen LogP contribution in [0.15, 0.2) is 48.5 Å². The Morgan fingerprint density at radius 3 is 2.53 bits per heavy atom. The molecular formula is C24H24F3N3O4. The van der Waals surface area contributed by atoms with Crippen LogP contribution < -0.4 is 10.1 Å². The monoisotopic (exact) mass is 475 g/mol. The molecule has 1 heterocycles. The van der Waals surface area contributed by atoms with Crippen molar-refractivity contribution in [2.24, 2.45) is 0 Å². The van der Waals surface area contributed by atoms with E-state index < -0.39 is 17.7 Å². The summed E-state index contributed by atoms with van der Waals surface area (Å²) in [5.74, 6) is -0.450. The minimum Gasteiger partial charge on any atom is -0.482 e. The standard InChI is InChI=1S/C24H24F3N3O4/c1-4-33-23(32)14-34-20-10-6-8-18(12-20)28-22(31)13-21-15(2)29-30(16(21)3)19-9-5-7-17(11-19)24(25,26)27/h5-12H,4,13-14H2,1-3H3,(H,28,31). The number of anilines is 1. The van der Waals surface area contributed by atoms with Crippen LogP contribution in [0.2, 0.25) is 0 Å². The summed E-state index contributed by atoms with van der Waals surface area (Å²) in [6, 6.07) is 11.4. The summed E-state index contributed by atoms with van der Waals surface area (Å²) in [4.78, 5) is 24.1. The summed E-state index contributed by atoms with van der Waals surface area (Å²) >= 11 is 0. The predicted octanol–water partition coefficient (Wildman–Crippen LogP) is 4.63. The van der Waals surface area contributed by atoms with Gasteiger partial charge in [-0.2, -0.15) is 18.3 Å². The second-order valence-electron chi connectivity index (χ2n) is 7.46. The molecule has 0 unspecified atom stereocenters. The Hall–Kier alpha value is -3.82. The van der Waals surface area contributed by atoms with Crippen molar-refractivity contribution in [3.63, 3.8) is 0 Å². The Kier molecular flexibility index (Phi) is 7.60. The number of aryl methyl sites for hydroxylation is 1. The van der Waals surface area contributed by atoms with E-state index in [9.17, 15) is 22.8 Å². The third kappa shape index (κ3) is 6.15. The number of hydrogen-bond donors (Lipinski definition) is 1. The van der Waals surface area contributed by atoms with Gasteiger partial charge in [-0.05, 0) is 51.1 Å². The molecule has 0 saturated carbocycles. The Morgan fingerprint density at radius 1 is 1.09 bits per heavy atom. The van der Waals surface area contributed by atoms with Crippen molar-refractivity contribution in [1.82, 2.24) is 9.78 Å². The third-order valence-corrected chi connectivity index (χ3v) is 4.98. The average molecular weight is 475 g/mol. The van der Waals surface area contributed by atoms with Gasteiger partial charge in [-0.3, -0.25) is 4.79 Å². The van der Waals surface area contributed by atoms with Crippen molar-refractivity contribution in [1.29, 1.82) is 0 Å². The lowest BCUT2D eigenvalue weighted by molar-refractivity contribution is -0.145. The van der Waals surface area contributed by atoms with Crippen LogP contribution in [0.5, 0.6) is 5.75 Å². The fourth-order valence-corrected chi connectivity index (χ4v) is 3.37. The van der Waals surface area contributed by atoms with Gasteiger partial charge in [0.25, 0.3) is 0 Å². The number of halogens is 3. The first kappa shape index (κ1) is 24.8. The maximum absolute atomic E-state index is 13.1. The van der Waals surface area contributed by atoms with Crippen LogP contribution in [0.3, 0.4) is 0 Å². The normalized spacial score (nSPS) is 11.2. The van der Waals surface area contributed by atoms with Gasteiger partial charge in [0.2, 0.25) is 5.91 Å². The number of esters is 1. The molecule has 0 radical (unpaired) electrons. The van der Waals surface area contributed by atoms with Crippen LogP contribution in [0.4, 0.5) is 18.9 Å². The lowest BCUT2D eigenvalue weighted by Gasteiger charge is -2.11. The van der Waals surface area contributed by atoms with E-state index in [-0.39, 0.29) is 31.2 Å². The van der Waals surface area contributed by atoms with Crippen molar-refractivity contribution >= 4 is 17.6 Å². The van der Waals surface area contributed by atoms with E-state index in [1.54, 1.807) is 45.0 Å². The molecule has 34 heavy (non-hydrogen) atoms. The van der Waals surface area contributed by atoms with Gasteiger partial charge in [0.1, 0.15) is 5.75 Å². The van der Waals surface area contributed by atoms with Gasteiger partial charge in [0.05, 0.1) is 30.0 Å². The summed E-state index contributed by atoms with van der Waals surface area (Å²) in [5.41, 5.74) is 1.67. The first-order valence-corrected chi connectivity index (χ1v) is 10.5. The first-order chi connectivity index (χ1) is 16.1. The van der Waals surface area contributed by atoms with E-state index in [0.717, 1.165) is 12.1 Å². The second-order valence-corrected chi connectivity index (χ2v) is 7.46. The quantitative estimate of drug-likeness (QED) is 0.481. The number of amides is 1. The summed E-state index contributed by atoms with van der Waals surface area (Å²) < 4.78 is 50.8. The third-order valence-electron chi connectivity index (χ3n) is 4.98. The van der Waals surface area contributed by atoms with Gasteiger partial charge in [-0.1, -0.05) is 12.1 Å². The lowest BCUT2D eigenvalue weighted by Crippen LogP contribution is -2.16. The van der Waals surface area contributed by atoms with Gasteiger partial charge in [-0.15, -0.1) is 0 Å². The Bertz CT molecular complexity index is 1190. The smallest absolute Gasteiger partial charge is 0.416 e. The fraction of sp³-hybridized carbons (Fsp3) is 0.292. The number of nitrogens with zero attached hydrogens (tertiary/aromatic N) is 2. The van der Waals surface area contributed by atoms with Crippen molar-refractivity contribution in [3.05, 3.63) is 71.0 Å². The van der Waals surface area contributed by atoms with Gasteiger partial charge in [0, 0.05) is 23.0 Å². The summed E-state index contributed by atoms with van der Waals surface area (Å²) in [5, 5.41) is 7.09. The van der Waals surface area contributed by atoms with E-state index in [0.29, 0.717) is 28.4 Å². The zero-order valence-electron chi connectivity index (χ0n) is 18.9. The van der Waals surface area contributed by atoms with E-state index in [1.165, 1.54) is 16.8 Å². The molecule has 2 aromatic carbocycles. The highest BCUT2D eigenvalue weighted by Gasteiger charge is 2.30. The van der Waals surface area contributed by atoms with Crippen LogP contribution in [-0.4, -0.2) is 34.9 Å². The van der Waals surface area contributed by atoms with Crippen LogP contribution in [-0.2, 0) is 26.9 Å². The van der Waals surface area contributed by atoms with E-state index in [4.69, 9.17) is 9.47 Å². The van der Waals surface area contributed by atoms with E-state index in [2.05, 4.69) is 10.4 Å². The molecular weight excluding hydrogens is 451 g/mol. The van der Waals surface area contributed by atoms with Crippen LogP contribution in [0.1, 0.15) is 29.4 Å². The number of alkyl halides is 3. The number of hydrogen-bond acceptors (Lipinski definition) is 5. The van der Waals surface area contributed by atoms with Gasteiger partial charge in [0.15, 0.2) is 6.61 Å². The number of benzene rings is 2. The molecule has 0 bridgehead atoms. The van der Waals surface area contributed by atoms with Gasteiger partial charge < -0.3 is 14.8 Å². The topological polar surface area (TPSA) is 82.4 Å². The molecule has 180 valence electrons. The first-order valence-electron chi connectivity index (χ1n) is 10.5. The second kappa shape index (κ2) is 10.4. The predicted molar refractivity (Wildman–Crippen MR) is 119 cm³/mol. The molecule has 0 atom stereocenters. The Balaban J connectivity index is 1.71. The van der Waals surface area contributed by atoms with E-state index >= 15 is 0 Å². The fourth-order valence-electron chi connectivity index (χ4n) is 3.37. The molecule has 0 saturated heterocycles. The molecule has 0 fully saturated rings. The maximum Gasteiger partial charge on any atom is 0.416 e. The molecule has 7 nitrogen and oxygen atoms in total. The molecule has 1 N–H and O–H groups in total. The molecule has 10 heteroatoms. The summed E-state index contributed by atoms with van der Waals surface area (Å²) in [6.07, 6.45) is -4.49. The summed E-state index contributed by atoms with van der Waals surface area (Å²) in [6.45, 7) is 5.09. The molecule has 1 amide bonds. The molecule has 3 rings (SSSR count). The van der Waals surface area contributed by atoms with E-state index in [1.807, 2.05) is 0 Å². The van der Waals surface area contributed by atoms with Gasteiger partial charge >= 0.3 is 12.1 Å². The highest BCUT2D eigenvalue weighted by Crippen LogP contribution is 2.31. The number of carbonyl (C=O) groups excluding carboxylic acids is 2. The highest BCUT2D eigenvalue weighted by molar-refractivity contribution is 5.92. The zero-order chi connectivity index (χ0) is 24.9.